The van der Waals surface area contributed by atoms with Gasteiger partial charge >= 0.3 is 0 Å². The van der Waals surface area contributed by atoms with Gasteiger partial charge in [-0.2, -0.15) is 4.98 Å². The van der Waals surface area contributed by atoms with E-state index < -0.39 is 0 Å². The largest absolute Gasteiger partial charge is 0.339 e. The van der Waals surface area contributed by atoms with Crippen LogP contribution in [0.5, 0.6) is 0 Å². The smallest absolute Gasteiger partial charge is 0.230 e. The fourth-order valence-corrected chi connectivity index (χ4v) is 1.06. The van der Waals surface area contributed by atoms with Crippen LogP contribution in [0.3, 0.4) is 0 Å². The molecule has 1 atom stereocenters. The Morgan fingerprint density at radius 2 is 2.42 bits per heavy atom. The van der Waals surface area contributed by atoms with Crippen molar-refractivity contribution >= 4 is 0 Å². The second-order valence-corrected chi connectivity index (χ2v) is 3.40. The molecule has 0 amide bonds. The van der Waals surface area contributed by atoms with Crippen molar-refractivity contribution in [3.8, 4) is 0 Å². The van der Waals surface area contributed by atoms with Gasteiger partial charge in [0.2, 0.25) is 5.89 Å². The van der Waals surface area contributed by atoms with Crippen molar-refractivity contribution in [3.05, 3.63) is 11.7 Å². The van der Waals surface area contributed by atoms with Gasteiger partial charge in [0.15, 0.2) is 5.82 Å². The fraction of sp³-hybridized carbons (Fsp3) is 0.750. The summed E-state index contributed by atoms with van der Waals surface area (Å²) in [5.41, 5.74) is 5.48. The number of nitrogens with zero attached hydrogens (tertiary/aromatic N) is 2. The molecule has 0 saturated heterocycles. The van der Waals surface area contributed by atoms with Gasteiger partial charge in [0.1, 0.15) is 0 Å². The standard InChI is InChI=1S/C8H13N3O/c1-5(4-9)8-10-7(11-12-8)6-2-3-6/h5-6H,2-4,9H2,1H3. The number of nitrogens with two attached hydrogens (primary N) is 1. The van der Waals surface area contributed by atoms with E-state index in [2.05, 4.69) is 10.1 Å². The minimum Gasteiger partial charge on any atom is -0.339 e. The van der Waals surface area contributed by atoms with Crippen molar-refractivity contribution in [2.24, 2.45) is 5.73 Å². The van der Waals surface area contributed by atoms with E-state index in [4.69, 9.17) is 10.3 Å². The first-order chi connectivity index (χ1) is 5.81. The van der Waals surface area contributed by atoms with E-state index in [0.717, 1.165) is 5.82 Å². The molecule has 1 aliphatic carbocycles. The lowest BCUT2D eigenvalue weighted by molar-refractivity contribution is 0.356. The third-order valence-electron chi connectivity index (χ3n) is 2.18. The van der Waals surface area contributed by atoms with E-state index >= 15 is 0 Å². The molecule has 1 aromatic rings. The summed E-state index contributed by atoms with van der Waals surface area (Å²) in [4.78, 5) is 4.29. The predicted octanol–water partition coefficient (Wildman–Crippen LogP) is 1.01. The molecule has 0 radical (unpaired) electrons. The van der Waals surface area contributed by atoms with Crippen molar-refractivity contribution in [2.45, 2.75) is 31.6 Å². The average molecular weight is 167 g/mol. The molecule has 4 nitrogen and oxygen atoms in total. The zero-order valence-electron chi connectivity index (χ0n) is 7.16. The molecule has 1 unspecified atom stereocenters. The van der Waals surface area contributed by atoms with Gasteiger partial charge in [-0.05, 0) is 12.8 Å². The molecule has 2 N–H and O–H groups in total. The zero-order chi connectivity index (χ0) is 8.55. The lowest BCUT2D eigenvalue weighted by Crippen LogP contribution is -2.09. The summed E-state index contributed by atoms with van der Waals surface area (Å²) in [6, 6.07) is 0. The first-order valence-electron chi connectivity index (χ1n) is 4.35. The van der Waals surface area contributed by atoms with Crippen molar-refractivity contribution in [1.29, 1.82) is 0 Å². The van der Waals surface area contributed by atoms with Crippen LogP contribution < -0.4 is 5.73 Å². The average Bonchev–Trinajstić information content (AvgIpc) is 2.83. The molecule has 1 heterocycles. The first-order valence-corrected chi connectivity index (χ1v) is 4.35. The molecule has 66 valence electrons. The van der Waals surface area contributed by atoms with Gasteiger partial charge in [0.25, 0.3) is 0 Å². The van der Waals surface area contributed by atoms with E-state index in [1.165, 1.54) is 12.8 Å². The van der Waals surface area contributed by atoms with Crippen molar-refractivity contribution in [1.82, 2.24) is 10.1 Å². The van der Waals surface area contributed by atoms with E-state index in [1.54, 1.807) is 0 Å². The first kappa shape index (κ1) is 7.73. The molecule has 1 aromatic heterocycles. The van der Waals surface area contributed by atoms with Gasteiger partial charge < -0.3 is 10.3 Å². The number of rotatable bonds is 3. The quantitative estimate of drug-likeness (QED) is 0.729. The molecule has 1 saturated carbocycles. The van der Waals surface area contributed by atoms with E-state index in [1.807, 2.05) is 6.92 Å². The lowest BCUT2D eigenvalue weighted by atomic mass is 10.2. The molecule has 0 aromatic carbocycles. The molecule has 12 heavy (non-hydrogen) atoms. The van der Waals surface area contributed by atoms with E-state index in [9.17, 15) is 0 Å². The molecule has 0 bridgehead atoms. The van der Waals surface area contributed by atoms with Gasteiger partial charge in [-0.1, -0.05) is 12.1 Å². The summed E-state index contributed by atoms with van der Waals surface area (Å²) in [6.45, 7) is 2.55. The number of hydrogen-bond donors (Lipinski definition) is 1. The lowest BCUT2D eigenvalue weighted by Gasteiger charge is -1.98. The minimum atomic E-state index is 0.185. The molecule has 0 spiro atoms. The Kier molecular flexibility index (Phi) is 1.84. The third kappa shape index (κ3) is 1.34. The second-order valence-electron chi connectivity index (χ2n) is 3.40. The summed E-state index contributed by atoms with van der Waals surface area (Å²) < 4.78 is 5.08. The molecule has 2 rings (SSSR count). The Bertz CT molecular complexity index is 267. The SMILES string of the molecule is CC(CN)c1nc(C2CC2)no1. The summed E-state index contributed by atoms with van der Waals surface area (Å²) >= 11 is 0. The zero-order valence-corrected chi connectivity index (χ0v) is 7.16. The van der Waals surface area contributed by atoms with Crippen molar-refractivity contribution in [2.75, 3.05) is 6.54 Å². The van der Waals surface area contributed by atoms with Crippen LogP contribution in [0.15, 0.2) is 4.52 Å². The van der Waals surface area contributed by atoms with Crippen LogP contribution in [0.4, 0.5) is 0 Å². The highest BCUT2D eigenvalue weighted by atomic mass is 16.5. The van der Waals surface area contributed by atoms with Crippen LogP contribution in [-0.2, 0) is 0 Å². The van der Waals surface area contributed by atoms with Crippen LogP contribution in [0, 0.1) is 0 Å². The molecule has 0 aliphatic heterocycles. The second kappa shape index (κ2) is 2.86. The Morgan fingerprint density at radius 3 is 3.00 bits per heavy atom. The minimum absolute atomic E-state index is 0.185. The summed E-state index contributed by atoms with van der Waals surface area (Å²) in [5.74, 6) is 2.29. The third-order valence-corrected chi connectivity index (χ3v) is 2.18. The Balaban J connectivity index is 2.12. The van der Waals surface area contributed by atoms with Crippen molar-refractivity contribution in [3.63, 3.8) is 0 Å². The van der Waals surface area contributed by atoms with Gasteiger partial charge in [-0.25, -0.2) is 0 Å². The van der Waals surface area contributed by atoms with Crippen LogP contribution in [0.1, 0.15) is 43.3 Å². The van der Waals surface area contributed by atoms with Gasteiger partial charge in [-0.15, -0.1) is 0 Å². The van der Waals surface area contributed by atoms with Crippen LogP contribution in [0.25, 0.3) is 0 Å². The summed E-state index contributed by atoms with van der Waals surface area (Å²) in [5, 5.41) is 3.91. The predicted molar refractivity (Wildman–Crippen MR) is 43.7 cm³/mol. The summed E-state index contributed by atoms with van der Waals surface area (Å²) in [7, 11) is 0. The highest BCUT2D eigenvalue weighted by Gasteiger charge is 2.29. The van der Waals surface area contributed by atoms with Crippen molar-refractivity contribution < 1.29 is 4.52 Å². The van der Waals surface area contributed by atoms with E-state index in [0.29, 0.717) is 18.4 Å². The molecule has 1 aliphatic rings. The highest BCUT2D eigenvalue weighted by molar-refractivity contribution is 5.04. The van der Waals surface area contributed by atoms with E-state index in [-0.39, 0.29) is 5.92 Å². The Hall–Kier alpha value is -0.900. The van der Waals surface area contributed by atoms with Gasteiger partial charge in [0.05, 0.1) is 0 Å². The molecule has 4 heteroatoms. The maximum atomic E-state index is 5.48. The molecular formula is C8H13N3O. The van der Waals surface area contributed by atoms with Gasteiger partial charge in [-0.3, -0.25) is 0 Å². The molecule has 1 fully saturated rings. The number of hydrogen-bond acceptors (Lipinski definition) is 4. The fourth-order valence-electron chi connectivity index (χ4n) is 1.06. The Morgan fingerprint density at radius 1 is 1.67 bits per heavy atom. The summed E-state index contributed by atoms with van der Waals surface area (Å²) in [6.07, 6.45) is 2.41. The topological polar surface area (TPSA) is 64.9 Å². The van der Waals surface area contributed by atoms with Crippen LogP contribution >= 0.6 is 0 Å². The van der Waals surface area contributed by atoms with Crippen LogP contribution in [0.2, 0.25) is 0 Å². The Labute approximate surface area is 71.1 Å². The number of aromatic nitrogens is 2. The maximum absolute atomic E-state index is 5.48. The normalized spacial score (nSPS) is 19.5. The molecular weight excluding hydrogens is 154 g/mol. The van der Waals surface area contributed by atoms with Crippen LogP contribution in [-0.4, -0.2) is 16.7 Å². The highest BCUT2D eigenvalue weighted by Crippen LogP contribution is 2.38. The monoisotopic (exact) mass is 167 g/mol. The maximum Gasteiger partial charge on any atom is 0.230 e. The van der Waals surface area contributed by atoms with Gasteiger partial charge in [0, 0.05) is 18.4 Å².